The van der Waals surface area contributed by atoms with Crippen LogP contribution in [0, 0.1) is 0 Å². The van der Waals surface area contributed by atoms with Gasteiger partial charge in [-0.25, -0.2) is 4.57 Å². The van der Waals surface area contributed by atoms with Crippen molar-refractivity contribution >= 4 is 19.6 Å². The molecule has 0 aromatic heterocycles. The minimum atomic E-state index is -4.30. The summed E-state index contributed by atoms with van der Waals surface area (Å²) < 4.78 is 34.3. The zero-order valence-corrected chi connectivity index (χ0v) is 27.8. The van der Waals surface area contributed by atoms with E-state index in [4.69, 9.17) is 18.5 Å². The van der Waals surface area contributed by atoms with E-state index < -0.39 is 13.9 Å². The monoisotopic (exact) mass is 613 g/mol. The van der Waals surface area contributed by atoms with E-state index in [0.717, 1.165) is 24.3 Å². The Labute approximate surface area is 254 Å². The highest BCUT2D eigenvalue weighted by Gasteiger charge is 2.26. The smallest absolute Gasteiger partial charge is 0.404 e. The SMILES string of the molecule is CCCCCCCCCCCCCCCCOCC(COP(=O)(O)Oc1cccc(CN2CSC(C)=C2C)c1)OC. The fourth-order valence-electron chi connectivity index (χ4n) is 4.82. The number of nitrogens with zero attached hydrogens (tertiary/aromatic N) is 1. The maximum absolute atomic E-state index is 12.6. The molecule has 0 saturated heterocycles. The van der Waals surface area contributed by atoms with Crippen LogP contribution in [0.1, 0.15) is 116 Å². The molecule has 236 valence electrons. The fourth-order valence-corrected chi connectivity index (χ4v) is 6.58. The van der Waals surface area contributed by atoms with Gasteiger partial charge in [0.1, 0.15) is 11.9 Å². The van der Waals surface area contributed by atoms with Crippen molar-refractivity contribution in [1.29, 1.82) is 0 Å². The van der Waals surface area contributed by atoms with Crippen LogP contribution in [0.25, 0.3) is 0 Å². The van der Waals surface area contributed by atoms with Crippen LogP contribution in [-0.4, -0.2) is 48.7 Å². The molecule has 2 rings (SSSR count). The third-order valence-electron chi connectivity index (χ3n) is 7.62. The van der Waals surface area contributed by atoms with E-state index in [0.29, 0.717) is 25.5 Å². The third kappa shape index (κ3) is 16.4. The molecule has 0 aliphatic carbocycles. The molecule has 1 aromatic carbocycles. The molecular weight excluding hydrogens is 557 g/mol. The average Bonchev–Trinajstić information content (AvgIpc) is 3.26. The quantitative estimate of drug-likeness (QED) is 0.0863. The van der Waals surface area contributed by atoms with Gasteiger partial charge in [-0.2, -0.15) is 0 Å². The number of ether oxygens (including phenoxy) is 2. The van der Waals surface area contributed by atoms with Gasteiger partial charge in [0.15, 0.2) is 0 Å². The first-order valence-corrected chi connectivity index (χ1v) is 18.2. The van der Waals surface area contributed by atoms with Crippen molar-refractivity contribution in [1.82, 2.24) is 4.90 Å². The van der Waals surface area contributed by atoms with Crippen molar-refractivity contribution in [2.45, 2.75) is 123 Å². The first kappa shape index (κ1) is 36.2. The van der Waals surface area contributed by atoms with Crippen molar-refractivity contribution in [2.24, 2.45) is 0 Å². The summed E-state index contributed by atoms with van der Waals surface area (Å²) >= 11 is 1.82. The number of hydrogen-bond acceptors (Lipinski definition) is 7. The topological polar surface area (TPSA) is 77.5 Å². The van der Waals surface area contributed by atoms with E-state index in [9.17, 15) is 9.46 Å². The van der Waals surface area contributed by atoms with E-state index in [1.165, 1.54) is 87.7 Å². The third-order valence-corrected chi connectivity index (χ3v) is 9.70. The van der Waals surface area contributed by atoms with Crippen LogP contribution < -0.4 is 4.52 Å². The molecular formula is C32H56NO6PS. The minimum Gasteiger partial charge on any atom is -0.404 e. The lowest BCUT2D eigenvalue weighted by Gasteiger charge is -2.20. The Kier molecular flexibility index (Phi) is 19.1. The Hall–Kier alpha value is -1.02. The molecule has 0 saturated carbocycles. The van der Waals surface area contributed by atoms with E-state index in [1.807, 2.05) is 23.9 Å². The lowest BCUT2D eigenvalue weighted by Crippen LogP contribution is -2.24. The van der Waals surface area contributed by atoms with Crippen molar-refractivity contribution < 1.29 is 28.0 Å². The highest BCUT2D eigenvalue weighted by atomic mass is 32.2. The highest BCUT2D eigenvalue weighted by Crippen LogP contribution is 2.44. The summed E-state index contributed by atoms with van der Waals surface area (Å²) in [4.78, 5) is 13.9. The molecule has 9 heteroatoms. The predicted molar refractivity (Wildman–Crippen MR) is 171 cm³/mol. The van der Waals surface area contributed by atoms with E-state index >= 15 is 0 Å². The second-order valence-electron chi connectivity index (χ2n) is 11.1. The van der Waals surface area contributed by atoms with Gasteiger partial charge in [0.05, 0.1) is 19.1 Å². The van der Waals surface area contributed by atoms with Crippen LogP contribution in [0.2, 0.25) is 0 Å². The highest BCUT2D eigenvalue weighted by molar-refractivity contribution is 8.03. The van der Waals surface area contributed by atoms with Gasteiger partial charge >= 0.3 is 7.82 Å². The molecule has 7 nitrogen and oxygen atoms in total. The largest absolute Gasteiger partial charge is 0.527 e. The maximum Gasteiger partial charge on any atom is 0.527 e. The molecule has 1 aliphatic rings. The van der Waals surface area contributed by atoms with Gasteiger partial charge in [0, 0.05) is 30.9 Å². The molecule has 0 bridgehead atoms. The van der Waals surface area contributed by atoms with Crippen LogP contribution in [0.3, 0.4) is 0 Å². The second kappa shape index (κ2) is 21.6. The van der Waals surface area contributed by atoms with Crippen molar-refractivity contribution in [2.75, 3.05) is 32.8 Å². The molecule has 41 heavy (non-hydrogen) atoms. The number of methoxy groups -OCH3 is 1. The maximum atomic E-state index is 12.6. The summed E-state index contributed by atoms with van der Waals surface area (Å²) in [6.07, 6.45) is 18.1. The predicted octanol–water partition coefficient (Wildman–Crippen LogP) is 9.45. The van der Waals surface area contributed by atoms with Crippen molar-refractivity contribution in [3.8, 4) is 5.75 Å². The number of unbranched alkanes of at least 4 members (excludes halogenated alkanes) is 13. The summed E-state index contributed by atoms with van der Waals surface area (Å²) in [5.41, 5.74) is 2.26. The van der Waals surface area contributed by atoms with Crippen molar-refractivity contribution in [3.63, 3.8) is 0 Å². The molecule has 2 unspecified atom stereocenters. The average molecular weight is 614 g/mol. The standard InChI is InChI=1S/C32H56NO6PS/c1-5-6-7-8-9-10-11-12-13-14-15-16-17-18-22-37-25-32(36-4)26-38-40(34,35)39-31-21-19-20-30(23-31)24-33-27-41-29(3)28(33)2/h19-21,23,32H,5-18,22,24-27H2,1-4H3,(H,34,35). The van der Waals surface area contributed by atoms with Crippen LogP contribution in [0.5, 0.6) is 5.75 Å². The Balaban J connectivity index is 1.51. The fraction of sp³-hybridized carbons (Fsp3) is 0.750. The summed E-state index contributed by atoms with van der Waals surface area (Å²) in [5, 5.41) is 0. The number of rotatable bonds is 25. The molecule has 0 amide bonds. The normalized spacial score (nSPS) is 15.9. The molecule has 1 aliphatic heterocycles. The summed E-state index contributed by atoms with van der Waals surface area (Å²) in [7, 11) is -2.75. The second-order valence-corrected chi connectivity index (χ2v) is 13.7. The van der Waals surface area contributed by atoms with Gasteiger partial charge in [-0.15, -0.1) is 11.8 Å². The van der Waals surface area contributed by atoms with Gasteiger partial charge in [0.25, 0.3) is 0 Å². The van der Waals surface area contributed by atoms with E-state index in [-0.39, 0.29) is 6.61 Å². The lowest BCUT2D eigenvalue weighted by molar-refractivity contribution is -0.0197. The molecule has 1 aromatic rings. The molecule has 2 atom stereocenters. The Bertz CT molecular complexity index is 914. The summed E-state index contributed by atoms with van der Waals surface area (Å²) in [6.45, 7) is 8.10. The molecule has 0 radical (unpaired) electrons. The first-order valence-electron chi connectivity index (χ1n) is 15.8. The van der Waals surface area contributed by atoms with E-state index in [1.54, 1.807) is 19.2 Å². The van der Waals surface area contributed by atoms with Gasteiger partial charge in [-0.1, -0.05) is 103 Å². The molecule has 1 N–H and O–H groups in total. The Morgan fingerprint density at radius 2 is 1.54 bits per heavy atom. The zero-order chi connectivity index (χ0) is 29.8. The lowest BCUT2D eigenvalue weighted by atomic mass is 10.0. The van der Waals surface area contributed by atoms with Gasteiger partial charge < -0.3 is 18.9 Å². The van der Waals surface area contributed by atoms with Crippen LogP contribution in [-0.2, 0) is 25.1 Å². The van der Waals surface area contributed by atoms with Crippen LogP contribution in [0.4, 0.5) is 0 Å². The Morgan fingerprint density at radius 1 is 0.927 bits per heavy atom. The number of allylic oxidation sites excluding steroid dienone is 2. The van der Waals surface area contributed by atoms with Crippen molar-refractivity contribution in [3.05, 3.63) is 40.4 Å². The number of thioether (sulfide) groups is 1. The molecule has 1 heterocycles. The summed E-state index contributed by atoms with van der Waals surface area (Å²) in [5.74, 6) is 1.21. The Morgan fingerprint density at radius 3 is 2.10 bits per heavy atom. The number of benzene rings is 1. The van der Waals surface area contributed by atoms with Gasteiger partial charge in [-0.3, -0.25) is 9.42 Å². The molecule has 0 fully saturated rings. The first-order chi connectivity index (χ1) is 19.8. The van der Waals surface area contributed by atoms with Crippen LogP contribution >= 0.6 is 19.6 Å². The van der Waals surface area contributed by atoms with Gasteiger partial charge in [-0.05, 0) is 38.0 Å². The summed E-state index contributed by atoms with van der Waals surface area (Å²) in [6, 6.07) is 7.25. The van der Waals surface area contributed by atoms with Gasteiger partial charge in [0.2, 0.25) is 0 Å². The van der Waals surface area contributed by atoms with E-state index in [2.05, 4.69) is 25.7 Å². The molecule has 0 spiro atoms. The minimum absolute atomic E-state index is 0.0863. The number of phosphoric ester groups is 1. The number of phosphoric acid groups is 1. The number of hydrogen-bond donors (Lipinski definition) is 1. The van der Waals surface area contributed by atoms with Crippen LogP contribution in [0.15, 0.2) is 34.9 Å². The zero-order valence-electron chi connectivity index (χ0n) is 26.1.